The third-order valence-electron chi connectivity index (χ3n) is 3.84. The Kier molecular flexibility index (Phi) is 3.79. The SMILES string of the molecule is CC1CCCC(C(=O)CC2CCCO2)C1. The molecule has 3 unspecified atom stereocenters. The molecule has 0 spiro atoms. The lowest BCUT2D eigenvalue weighted by molar-refractivity contribution is -0.126. The average molecular weight is 210 g/mol. The summed E-state index contributed by atoms with van der Waals surface area (Å²) < 4.78 is 5.52. The topological polar surface area (TPSA) is 26.3 Å². The molecular weight excluding hydrogens is 188 g/mol. The van der Waals surface area contributed by atoms with Crippen molar-refractivity contribution in [3.63, 3.8) is 0 Å². The van der Waals surface area contributed by atoms with E-state index in [2.05, 4.69) is 6.92 Å². The number of Topliss-reactive ketones (excluding diaryl/α,β-unsaturated/α-hetero) is 1. The molecule has 2 aliphatic rings. The maximum absolute atomic E-state index is 12.0. The second-order valence-corrected chi connectivity index (χ2v) is 5.27. The first-order chi connectivity index (χ1) is 7.25. The molecule has 1 aliphatic heterocycles. The van der Waals surface area contributed by atoms with E-state index in [4.69, 9.17) is 4.74 Å². The molecule has 0 amide bonds. The Morgan fingerprint density at radius 1 is 1.27 bits per heavy atom. The fourth-order valence-electron chi connectivity index (χ4n) is 2.92. The zero-order valence-corrected chi connectivity index (χ0v) is 9.71. The highest BCUT2D eigenvalue weighted by Crippen LogP contribution is 2.31. The van der Waals surface area contributed by atoms with Crippen LogP contribution in [0.15, 0.2) is 0 Å². The smallest absolute Gasteiger partial charge is 0.138 e. The largest absolute Gasteiger partial charge is 0.378 e. The minimum Gasteiger partial charge on any atom is -0.378 e. The first kappa shape index (κ1) is 11.1. The minimum atomic E-state index is 0.245. The second-order valence-electron chi connectivity index (χ2n) is 5.27. The van der Waals surface area contributed by atoms with Crippen molar-refractivity contribution in [1.82, 2.24) is 0 Å². The fourth-order valence-corrected chi connectivity index (χ4v) is 2.92. The number of hydrogen-bond donors (Lipinski definition) is 0. The van der Waals surface area contributed by atoms with Crippen LogP contribution in [0.25, 0.3) is 0 Å². The number of ether oxygens (including phenoxy) is 1. The molecule has 2 fully saturated rings. The molecule has 86 valence electrons. The van der Waals surface area contributed by atoms with Gasteiger partial charge in [0.1, 0.15) is 5.78 Å². The normalized spacial score (nSPS) is 36.7. The van der Waals surface area contributed by atoms with Crippen LogP contribution in [0, 0.1) is 11.8 Å². The molecule has 1 saturated heterocycles. The lowest BCUT2D eigenvalue weighted by Crippen LogP contribution is -2.25. The maximum atomic E-state index is 12.0. The second kappa shape index (κ2) is 5.11. The maximum Gasteiger partial charge on any atom is 0.138 e. The number of hydrogen-bond acceptors (Lipinski definition) is 2. The number of carbonyl (C=O) groups is 1. The van der Waals surface area contributed by atoms with E-state index in [0.717, 1.165) is 38.2 Å². The van der Waals surface area contributed by atoms with Gasteiger partial charge >= 0.3 is 0 Å². The van der Waals surface area contributed by atoms with Gasteiger partial charge in [-0.15, -0.1) is 0 Å². The van der Waals surface area contributed by atoms with E-state index in [-0.39, 0.29) is 6.10 Å². The van der Waals surface area contributed by atoms with Gasteiger partial charge in [0.2, 0.25) is 0 Å². The average Bonchev–Trinajstić information content (AvgIpc) is 2.70. The Labute approximate surface area is 92.4 Å². The van der Waals surface area contributed by atoms with E-state index in [1.807, 2.05) is 0 Å². The summed E-state index contributed by atoms with van der Waals surface area (Å²) in [6.45, 7) is 3.13. The molecule has 1 heterocycles. The molecule has 0 aromatic rings. The Balaban J connectivity index is 1.78. The summed E-state index contributed by atoms with van der Waals surface area (Å²) in [6, 6.07) is 0. The van der Waals surface area contributed by atoms with Gasteiger partial charge in [0, 0.05) is 18.9 Å². The molecule has 2 rings (SSSR count). The first-order valence-electron chi connectivity index (χ1n) is 6.40. The highest BCUT2D eigenvalue weighted by atomic mass is 16.5. The molecule has 0 radical (unpaired) electrons. The lowest BCUT2D eigenvalue weighted by atomic mass is 9.79. The predicted molar refractivity (Wildman–Crippen MR) is 59.7 cm³/mol. The molecule has 0 bridgehead atoms. The van der Waals surface area contributed by atoms with Gasteiger partial charge in [-0.2, -0.15) is 0 Å². The van der Waals surface area contributed by atoms with Gasteiger partial charge < -0.3 is 4.74 Å². The predicted octanol–water partition coefficient (Wildman–Crippen LogP) is 2.95. The van der Waals surface area contributed by atoms with Crippen molar-refractivity contribution in [3.8, 4) is 0 Å². The van der Waals surface area contributed by atoms with Crippen LogP contribution in [-0.4, -0.2) is 18.5 Å². The van der Waals surface area contributed by atoms with Crippen LogP contribution in [0.3, 0.4) is 0 Å². The highest BCUT2D eigenvalue weighted by Gasteiger charge is 2.28. The summed E-state index contributed by atoms with van der Waals surface area (Å²) in [6.07, 6.45) is 7.94. The summed E-state index contributed by atoms with van der Waals surface area (Å²) in [5, 5.41) is 0. The van der Waals surface area contributed by atoms with Crippen LogP contribution in [0.2, 0.25) is 0 Å². The molecule has 3 atom stereocenters. The van der Waals surface area contributed by atoms with E-state index < -0.39 is 0 Å². The highest BCUT2D eigenvalue weighted by molar-refractivity contribution is 5.81. The molecule has 1 saturated carbocycles. The van der Waals surface area contributed by atoms with Crippen molar-refractivity contribution < 1.29 is 9.53 Å². The molecule has 1 aliphatic carbocycles. The molecular formula is C13H22O2. The Morgan fingerprint density at radius 2 is 2.13 bits per heavy atom. The standard InChI is InChI=1S/C13H22O2/c1-10-4-2-5-11(8-10)13(14)9-12-6-3-7-15-12/h10-12H,2-9H2,1H3. The van der Waals surface area contributed by atoms with Gasteiger partial charge in [-0.1, -0.05) is 19.8 Å². The first-order valence-corrected chi connectivity index (χ1v) is 6.40. The van der Waals surface area contributed by atoms with Crippen LogP contribution in [0.4, 0.5) is 0 Å². The van der Waals surface area contributed by atoms with Crippen LogP contribution in [0.5, 0.6) is 0 Å². The van der Waals surface area contributed by atoms with Crippen molar-refractivity contribution >= 4 is 5.78 Å². The van der Waals surface area contributed by atoms with Gasteiger partial charge in [0.15, 0.2) is 0 Å². The molecule has 15 heavy (non-hydrogen) atoms. The van der Waals surface area contributed by atoms with Crippen molar-refractivity contribution in [1.29, 1.82) is 0 Å². The lowest BCUT2D eigenvalue weighted by Gasteiger charge is -2.26. The van der Waals surface area contributed by atoms with Crippen LogP contribution >= 0.6 is 0 Å². The van der Waals surface area contributed by atoms with E-state index in [0.29, 0.717) is 18.1 Å². The van der Waals surface area contributed by atoms with Crippen LogP contribution < -0.4 is 0 Å². The Hall–Kier alpha value is -0.370. The quantitative estimate of drug-likeness (QED) is 0.716. The van der Waals surface area contributed by atoms with E-state index in [1.54, 1.807) is 0 Å². The van der Waals surface area contributed by atoms with Gasteiger partial charge in [-0.3, -0.25) is 4.79 Å². The summed E-state index contributed by atoms with van der Waals surface area (Å²) in [5.41, 5.74) is 0. The summed E-state index contributed by atoms with van der Waals surface area (Å²) in [7, 11) is 0. The monoisotopic (exact) mass is 210 g/mol. The van der Waals surface area contributed by atoms with E-state index in [1.165, 1.54) is 12.8 Å². The van der Waals surface area contributed by atoms with E-state index >= 15 is 0 Å². The van der Waals surface area contributed by atoms with Crippen molar-refractivity contribution in [2.45, 2.75) is 58.0 Å². The zero-order chi connectivity index (χ0) is 10.7. The number of carbonyl (C=O) groups excluding carboxylic acids is 1. The zero-order valence-electron chi connectivity index (χ0n) is 9.71. The molecule has 0 aromatic carbocycles. The van der Waals surface area contributed by atoms with Gasteiger partial charge in [-0.05, 0) is 31.6 Å². The summed E-state index contributed by atoms with van der Waals surface area (Å²) in [5.74, 6) is 1.56. The minimum absolute atomic E-state index is 0.245. The molecule has 2 heteroatoms. The summed E-state index contributed by atoms with van der Waals surface area (Å²) >= 11 is 0. The summed E-state index contributed by atoms with van der Waals surface area (Å²) in [4.78, 5) is 12.0. The Morgan fingerprint density at radius 3 is 2.80 bits per heavy atom. The van der Waals surface area contributed by atoms with Crippen molar-refractivity contribution in [3.05, 3.63) is 0 Å². The van der Waals surface area contributed by atoms with Gasteiger partial charge in [0.25, 0.3) is 0 Å². The van der Waals surface area contributed by atoms with Crippen molar-refractivity contribution in [2.24, 2.45) is 11.8 Å². The third kappa shape index (κ3) is 3.04. The number of rotatable bonds is 3. The van der Waals surface area contributed by atoms with Gasteiger partial charge in [0.05, 0.1) is 6.10 Å². The number of ketones is 1. The van der Waals surface area contributed by atoms with Crippen LogP contribution in [0.1, 0.15) is 51.9 Å². The molecule has 0 aromatic heterocycles. The third-order valence-corrected chi connectivity index (χ3v) is 3.84. The molecule has 2 nitrogen and oxygen atoms in total. The van der Waals surface area contributed by atoms with Crippen molar-refractivity contribution in [2.75, 3.05) is 6.61 Å². The van der Waals surface area contributed by atoms with Gasteiger partial charge in [-0.25, -0.2) is 0 Å². The fraction of sp³-hybridized carbons (Fsp3) is 0.923. The van der Waals surface area contributed by atoms with E-state index in [9.17, 15) is 4.79 Å². The molecule has 0 N–H and O–H groups in total. The Bertz CT molecular complexity index is 219. The van der Waals surface area contributed by atoms with Crippen LogP contribution in [-0.2, 0) is 9.53 Å².